The van der Waals surface area contributed by atoms with E-state index in [0.29, 0.717) is 0 Å². The average molecular weight is 302 g/mol. The molecular formula is C15H10O7. The van der Waals surface area contributed by atoms with Crippen LogP contribution in [0, 0.1) is 0 Å². The molecule has 0 saturated heterocycles. The Kier molecular flexibility index (Phi) is 2.84. The SMILES string of the molecule is O=c1cc(-c2cc(O)c(O)cc2O)oc2ccc(O)c(O)c12. The maximum atomic E-state index is 12.1. The van der Waals surface area contributed by atoms with Crippen molar-refractivity contribution < 1.29 is 29.9 Å². The minimum absolute atomic E-state index is 0.00948. The molecule has 0 unspecified atom stereocenters. The van der Waals surface area contributed by atoms with Gasteiger partial charge in [-0.3, -0.25) is 4.79 Å². The van der Waals surface area contributed by atoms with Crippen LogP contribution in [-0.2, 0) is 0 Å². The lowest BCUT2D eigenvalue weighted by Gasteiger charge is -2.08. The molecule has 5 N–H and O–H groups in total. The van der Waals surface area contributed by atoms with Crippen LogP contribution in [0.2, 0.25) is 0 Å². The lowest BCUT2D eigenvalue weighted by atomic mass is 10.1. The monoisotopic (exact) mass is 302 g/mol. The van der Waals surface area contributed by atoms with Crippen molar-refractivity contribution in [2.75, 3.05) is 0 Å². The standard InChI is InChI=1S/C15H10O7/c16-7-1-2-12-14(15(7)21)11(20)5-13(22-12)6-3-9(18)10(19)4-8(6)17/h1-5,16-19,21H. The third kappa shape index (κ3) is 1.96. The molecule has 0 spiro atoms. The maximum absolute atomic E-state index is 12.1. The van der Waals surface area contributed by atoms with E-state index in [9.17, 15) is 30.3 Å². The number of phenols is 5. The summed E-state index contributed by atoms with van der Waals surface area (Å²) < 4.78 is 5.42. The molecule has 1 aromatic heterocycles. The highest BCUT2D eigenvalue weighted by Gasteiger charge is 2.16. The van der Waals surface area contributed by atoms with Crippen molar-refractivity contribution in [2.45, 2.75) is 0 Å². The van der Waals surface area contributed by atoms with Crippen LogP contribution in [0.25, 0.3) is 22.3 Å². The minimum Gasteiger partial charge on any atom is -0.507 e. The molecule has 0 saturated carbocycles. The van der Waals surface area contributed by atoms with Crippen LogP contribution >= 0.6 is 0 Å². The first-order valence-electron chi connectivity index (χ1n) is 6.12. The molecule has 3 aromatic rings. The Morgan fingerprint density at radius 3 is 2.18 bits per heavy atom. The van der Waals surface area contributed by atoms with Gasteiger partial charge in [-0.15, -0.1) is 0 Å². The summed E-state index contributed by atoms with van der Waals surface area (Å²) in [5.74, 6) is -2.56. The van der Waals surface area contributed by atoms with Crippen molar-refractivity contribution in [2.24, 2.45) is 0 Å². The van der Waals surface area contributed by atoms with Crippen LogP contribution in [0.4, 0.5) is 0 Å². The predicted octanol–water partition coefficient (Wildman–Crippen LogP) is 1.99. The summed E-state index contributed by atoms with van der Waals surface area (Å²) in [7, 11) is 0. The molecule has 22 heavy (non-hydrogen) atoms. The van der Waals surface area contributed by atoms with Gasteiger partial charge >= 0.3 is 0 Å². The number of aromatic hydroxyl groups is 5. The molecule has 0 atom stereocenters. The van der Waals surface area contributed by atoms with Gasteiger partial charge in [-0.2, -0.15) is 0 Å². The second-order valence-corrected chi connectivity index (χ2v) is 4.64. The zero-order valence-corrected chi connectivity index (χ0v) is 10.9. The zero-order valence-electron chi connectivity index (χ0n) is 10.9. The summed E-state index contributed by atoms with van der Waals surface area (Å²) in [6, 6.07) is 5.37. The first-order chi connectivity index (χ1) is 10.4. The molecule has 0 bridgehead atoms. The second kappa shape index (κ2) is 4.59. The van der Waals surface area contributed by atoms with E-state index in [2.05, 4.69) is 0 Å². The molecule has 1 heterocycles. The number of rotatable bonds is 1. The van der Waals surface area contributed by atoms with Gasteiger partial charge in [0.15, 0.2) is 28.4 Å². The van der Waals surface area contributed by atoms with Crippen molar-refractivity contribution in [3.05, 3.63) is 40.6 Å². The highest BCUT2D eigenvalue weighted by molar-refractivity contribution is 5.87. The van der Waals surface area contributed by atoms with E-state index in [0.717, 1.165) is 24.3 Å². The van der Waals surface area contributed by atoms with Gasteiger partial charge < -0.3 is 29.9 Å². The van der Waals surface area contributed by atoms with Gasteiger partial charge in [0, 0.05) is 12.1 Å². The van der Waals surface area contributed by atoms with Crippen molar-refractivity contribution >= 4 is 11.0 Å². The minimum atomic E-state index is -0.642. The molecule has 3 rings (SSSR count). The Morgan fingerprint density at radius 2 is 1.45 bits per heavy atom. The molecular weight excluding hydrogens is 292 g/mol. The fraction of sp³-hybridized carbons (Fsp3) is 0. The molecule has 0 aliphatic heterocycles. The third-order valence-corrected chi connectivity index (χ3v) is 3.21. The molecule has 0 aliphatic carbocycles. The van der Waals surface area contributed by atoms with Gasteiger partial charge in [0.25, 0.3) is 0 Å². The van der Waals surface area contributed by atoms with Gasteiger partial charge in [0.05, 0.1) is 5.56 Å². The highest BCUT2D eigenvalue weighted by Crippen LogP contribution is 2.39. The lowest BCUT2D eigenvalue weighted by Crippen LogP contribution is -2.00. The molecule has 112 valence electrons. The van der Waals surface area contributed by atoms with Gasteiger partial charge in [-0.25, -0.2) is 0 Å². The quantitative estimate of drug-likeness (QED) is 0.343. The van der Waals surface area contributed by atoms with Crippen molar-refractivity contribution in [3.63, 3.8) is 0 Å². The van der Waals surface area contributed by atoms with Crippen LogP contribution in [0.5, 0.6) is 28.7 Å². The normalized spacial score (nSPS) is 10.9. The van der Waals surface area contributed by atoms with Crippen LogP contribution in [-0.4, -0.2) is 25.5 Å². The first-order valence-corrected chi connectivity index (χ1v) is 6.12. The fourth-order valence-corrected chi connectivity index (χ4v) is 2.12. The van der Waals surface area contributed by atoms with E-state index in [1.165, 1.54) is 6.07 Å². The highest BCUT2D eigenvalue weighted by atomic mass is 16.3. The smallest absolute Gasteiger partial charge is 0.197 e. The van der Waals surface area contributed by atoms with Crippen molar-refractivity contribution in [1.82, 2.24) is 0 Å². The third-order valence-electron chi connectivity index (χ3n) is 3.21. The summed E-state index contributed by atoms with van der Waals surface area (Å²) in [6.45, 7) is 0. The molecule has 0 fully saturated rings. The van der Waals surface area contributed by atoms with E-state index in [-0.39, 0.29) is 22.3 Å². The van der Waals surface area contributed by atoms with Crippen LogP contribution in [0.15, 0.2) is 39.5 Å². The van der Waals surface area contributed by atoms with E-state index >= 15 is 0 Å². The maximum Gasteiger partial charge on any atom is 0.197 e. The topological polar surface area (TPSA) is 131 Å². The Morgan fingerprint density at radius 1 is 0.773 bits per heavy atom. The largest absolute Gasteiger partial charge is 0.507 e. The summed E-state index contributed by atoms with van der Waals surface area (Å²) in [5, 5.41) is 47.5. The molecule has 7 nitrogen and oxygen atoms in total. The van der Waals surface area contributed by atoms with E-state index in [1.54, 1.807) is 0 Å². The number of phenolic OH excluding ortho intramolecular Hbond substituents is 5. The van der Waals surface area contributed by atoms with Crippen LogP contribution in [0.1, 0.15) is 0 Å². The van der Waals surface area contributed by atoms with Gasteiger partial charge in [0.2, 0.25) is 0 Å². The predicted molar refractivity (Wildman–Crippen MR) is 76.2 cm³/mol. The van der Waals surface area contributed by atoms with E-state index < -0.39 is 34.2 Å². The number of hydrogen-bond donors (Lipinski definition) is 5. The van der Waals surface area contributed by atoms with Crippen LogP contribution in [0.3, 0.4) is 0 Å². The van der Waals surface area contributed by atoms with Crippen molar-refractivity contribution in [3.8, 4) is 40.1 Å². The molecule has 0 amide bonds. The lowest BCUT2D eigenvalue weighted by molar-refractivity contribution is 0.396. The molecule has 2 aromatic carbocycles. The van der Waals surface area contributed by atoms with Gasteiger partial charge in [0.1, 0.15) is 22.5 Å². The van der Waals surface area contributed by atoms with Gasteiger partial charge in [-0.1, -0.05) is 0 Å². The molecule has 0 radical (unpaired) electrons. The summed E-state index contributed by atoms with van der Waals surface area (Å²) in [6.07, 6.45) is 0. The average Bonchev–Trinajstić information content (AvgIpc) is 2.46. The number of fused-ring (bicyclic) bond motifs is 1. The zero-order chi connectivity index (χ0) is 16.0. The van der Waals surface area contributed by atoms with E-state index in [4.69, 9.17) is 4.42 Å². The molecule has 0 aliphatic rings. The second-order valence-electron chi connectivity index (χ2n) is 4.64. The molecule has 7 heteroatoms. The summed E-state index contributed by atoms with van der Waals surface area (Å²) >= 11 is 0. The Bertz CT molecular complexity index is 956. The summed E-state index contributed by atoms with van der Waals surface area (Å²) in [5.41, 5.74) is -0.664. The Hall–Kier alpha value is -3.35. The first kappa shape index (κ1) is 13.6. The van der Waals surface area contributed by atoms with E-state index in [1.807, 2.05) is 0 Å². The Labute approximate surface area is 122 Å². The fourth-order valence-electron chi connectivity index (χ4n) is 2.12. The number of hydrogen-bond acceptors (Lipinski definition) is 7. The van der Waals surface area contributed by atoms with Crippen LogP contribution < -0.4 is 5.43 Å². The number of benzene rings is 2. The summed E-state index contributed by atoms with van der Waals surface area (Å²) in [4.78, 5) is 12.1. The van der Waals surface area contributed by atoms with Gasteiger partial charge in [-0.05, 0) is 18.2 Å². The van der Waals surface area contributed by atoms with Crippen molar-refractivity contribution in [1.29, 1.82) is 0 Å². The Balaban J connectivity index is 2.33.